The van der Waals surface area contributed by atoms with Crippen molar-refractivity contribution in [2.24, 2.45) is 11.7 Å². The monoisotopic (exact) mass is 907 g/mol. The van der Waals surface area contributed by atoms with Crippen LogP contribution in [0.15, 0.2) is 66.7 Å². The number of hydrogen-bond acceptors (Lipinski definition) is 11. The molecule has 3 aromatic carbocycles. The molecule has 342 valence electrons. The molecule has 6 amide bonds. The van der Waals surface area contributed by atoms with Crippen LogP contribution < -0.4 is 40.8 Å². The molecule has 2 saturated heterocycles. The SMILES string of the molecule is COc1ccc(C(=O)N2CCC(CNC(=O)CCCCCCCOc3cccc(Nc4n[nH]c(-c5ccc(NS(=O)(=O)C(F)F)cc5)c4C(N)=O)c3)CC2)cc1N1CCC(=O)NC1=O. The molecule has 0 spiro atoms. The number of H-pyrrole nitrogens is 1. The summed E-state index contributed by atoms with van der Waals surface area (Å²) in [6.45, 7) is 2.30. The predicted octanol–water partition coefficient (Wildman–Crippen LogP) is 5.73. The summed E-state index contributed by atoms with van der Waals surface area (Å²) in [5.41, 5.74) is 7.69. The van der Waals surface area contributed by atoms with Crippen molar-refractivity contribution in [1.29, 1.82) is 0 Å². The summed E-state index contributed by atoms with van der Waals surface area (Å²) >= 11 is 0. The van der Waals surface area contributed by atoms with Crippen molar-refractivity contribution < 1.29 is 50.6 Å². The second-order valence-electron chi connectivity index (χ2n) is 15.4. The van der Waals surface area contributed by atoms with E-state index in [9.17, 15) is 41.2 Å². The van der Waals surface area contributed by atoms with Gasteiger partial charge < -0.3 is 30.7 Å². The van der Waals surface area contributed by atoms with Crippen molar-refractivity contribution in [3.63, 3.8) is 0 Å². The number of benzene rings is 3. The Bertz CT molecular complexity index is 2430. The van der Waals surface area contributed by atoms with E-state index >= 15 is 0 Å². The van der Waals surface area contributed by atoms with Crippen LogP contribution in [0.5, 0.6) is 11.5 Å². The summed E-state index contributed by atoms with van der Waals surface area (Å²) in [6.07, 6.45) is 6.42. The first-order chi connectivity index (χ1) is 30.7. The van der Waals surface area contributed by atoms with Gasteiger partial charge >= 0.3 is 11.8 Å². The molecular formula is C43H51F2N9O9S. The third-order valence-corrected chi connectivity index (χ3v) is 11.8. The maximum atomic E-state index is 13.4. The third kappa shape index (κ3) is 12.2. The average molecular weight is 908 g/mol. The van der Waals surface area contributed by atoms with Gasteiger partial charge in [-0.25, -0.2) is 13.2 Å². The van der Waals surface area contributed by atoms with Crippen LogP contribution in [0.1, 0.15) is 78.5 Å². The number of unbranched alkanes of at least 4 members (excludes halogenated alkanes) is 4. The number of aromatic amines is 1. The Morgan fingerprint density at radius 1 is 0.938 bits per heavy atom. The van der Waals surface area contributed by atoms with Crippen LogP contribution in [-0.4, -0.2) is 98.8 Å². The lowest BCUT2D eigenvalue weighted by Crippen LogP contribution is -2.49. The quantitative estimate of drug-likeness (QED) is 0.0552. The zero-order valence-electron chi connectivity index (χ0n) is 35.2. The first-order valence-electron chi connectivity index (χ1n) is 20.9. The van der Waals surface area contributed by atoms with Crippen LogP contribution in [0.2, 0.25) is 0 Å². The van der Waals surface area contributed by atoms with Gasteiger partial charge in [-0.1, -0.05) is 37.5 Å². The number of anilines is 4. The number of nitrogens with zero attached hydrogens (tertiary/aromatic N) is 3. The molecule has 6 rings (SSSR count). The van der Waals surface area contributed by atoms with E-state index < -0.39 is 27.7 Å². The van der Waals surface area contributed by atoms with Crippen molar-refractivity contribution in [3.8, 4) is 22.8 Å². The van der Waals surface area contributed by atoms with Gasteiger partial charge in [-0.2, -0.15) is 13.9 Å². The van der Waals surface area contributed by atoms with Gasteiger partial charge in [-0.05, 0) is 74.1 Å². The molecule has 3 heterocycles. The van der Waals surface area contributed by atoms with Crippen LogP contribution in [0.3, 0.4) is 0 Å². The van der Waals surface area contributed by atoms with Gasteiger partial charge in [-0.3, -0.25) is 39.2 Å². The largest absolute Gasteiger partial charge is 0.495 e. The number of urea groups is 1. The summed E-state index contributed by atoms with van der Waals surface area (Å²) in [7, 11) is -3.37. The van der Waals surface area contributed by atoms with Crippen LogP contribution in [0, 0.1) is 5.92 Å². The van der Waals surface area contributed by atoms with E-state index in [1.165, 1.54) is 36.3 Å². The van der Waals surface area contributed by atoms with Gasteiger partial charge in [0, 0.05) is 67.6 Å². The smallest absolute Gasteiger partial charge is 0.355 e. The number of alkyl halides is 2. The number of amides is 6. The summed E-state index contributed by atoms with van der Waals surface area (Å²) in [6, 6.07) is 16.8. The fourth-order valence-electron chi connectivity index (χ4n) is 7.40. The van der Waals surface area contributed by atoms with Crippen molar-refractivity contribution in [1.82, 2.24) is 25.7 Å². The zero-order chi connectivity index (χ0) is 45.8. The molecule has 0 unspecified atom stereocenters. The molecule has 18 nitrogen and oxygen atoms in total. The molecule has 2 aliphatic rings. The molecule has 0 saturated carbocycles. The molecule has 0 radical (unpaired) electrons. The molecule has 1 aromatic heterocycles. The molecule has 0 atom stereocenters. The maximum absolute atomic E-state index is 13.4. The van der Waals surface area contributed by atoms with E-state index in [0.29, 0.717) is 66.7 Å². The van der Waals surface area contributed by atoms with E-state index in [1.54, 1.807) is 52.1 Å². The number of rotatable bonds is 21. The molecule has 2 aliphatic heterocycles. The number of methoxy groups -OCH3 is 1. The number of aromatic nitrogens is 2. The number of imide groups is 1. The minimum absolute atomic E-state index is 0.00862. The Hall–Kier alpha value is -6.77. The average Bonchev–Trinajstić information content (AvgIpc) is 3.70. The number of hydrogen-bond donors (Lipinski definition) is 6. The summed E-state index contributed by atoms with van der Waals surface area (Å²) < 4.78 is 61.6. The molecule has 0 bridgehead atoms. The number of piperidine rings is 1. The Kier molecular flexibility index (Phi) is 15.7. The number of halogens is 2. The number of sulfonamides is 1. The predicted molar refractivity (Wildman–Crippen MR) is 234 cm³/mol. The number of ether oxygens (including phenoxy) is 2. The summed E-state index contributed by atoms with van der Waals surface area (Å²) in [4.78, 5) is 65.7. The standard InChI is InChI=1S/C43H51F2N9O9S/c1-62-34-16-13-29(24-33(34)54-22-19-36(56)49-43(54)59)41(58)53-20-17-27(18-21-53)26-47-35(55)10-5-3-2-4-6-23-63-32-9-7-8-31(25-32)48-40-37(39(46)57)38(50-51-40)28-11-14-30(15-12-28)52-64(60,61)42(44)45/h7-9,11-16,24-25,27,42,52H,2-6,10,17-23,26H2,1H3,(H2,46,57)(H,47,55)(H2,48,50,51)(H,49,56,59). The molecule has 0 aliphatic carbocycles. The minimum atomic E-state index is -4.85. The Morgan fingerprint density at radius 3 is 2.38 bits per heavy atom. The van der Waals surface area contributed by atoms with Crippen LogP contribution in [0.4, 0.5) is 36.5 Å². The first-order valence-corrected chi connectivity index (χ1v) is 22.4. The van der Waals surface area contributed by atoms with E-state index in [1.807, 2.05) is 0 Å². The number of likely N-dealkylation sites (tertiary alicyclic amines) is 1. The number of carbonyl (C=O) groups is 5. The van der Waals surface area contributed by atoms with E-state index in [4.69, 9.17) is 15.2 Å². The maximum Gasteiger partial charge on any atom is 0.355 e. The van der Waals surface area contributed by atoms with Crippen molar-refractivity contribution in [3.05, 3.63) is 77.9 Å². The minimum Gasteiger partial charge on any atom is -0.495 e. The van der Waals surface area contributed by atoms with Gasteiger partial charge in [-0.15, -0.1) is 0 Å². The van der Waals surface area contributed by atoms with Gasteiger partial charge in [0.1, 0.15) is 17.1 Å². The highest BCUT2D eigenvalue weighted by Gasteiger charge is 2.30. The zero-order valence-corrected chi connectivity index (χ0v) is 36.0. The van der Waals surface area contributed by atoms with Crippen LogP contribution in [0.25, 0.3) is 11.3 Å². The van der Waals surface area contributed by atoms with Crippen LogP contribution in [-0.2, 0) is 19.6 Å². The summed E-state index contributed by atoms with van der Waals surface area (Å²) in [5, 5.41) is 15.3. The van der Waals surface area contributed by atoms with Gasteiger partial charge in [0.2, 0.25) is 11.8 Å². The number of nitrogens with one attached hydrogen (secondary N) is 5. The number of primary amides is 1. The van der Waals surface area contributed by atoms with Gasteiger partial charge in [0.05, 0.1) is 25.1 Å². The first kappa shape index (κ1) is 46.7. The molecule has 64 heavy (non-hydrogen) atoms. The fourth-order valence-corrected chi connectivity index (χ4v) is 7.95. The lowest BCUT2D eigenvalue weighted by Gasteiger charge is -2.33. The van der Waals surface area contributed by atoms with Crippen LogP contribution >= 0.6 is 0 Å². The second kappa shape index (κ2) is 21.5. The van der Waals surface area contributed by atoms with E-state index in [2.05, 4.69) is 26.1 Å². The highest BCUT2D eigenvalue weighted by Crippen LogP contribution is 2.33. The second-order valence-corrected chi connectivity index (χ2v) is 17.0. The molecular weight excluding hydrogens is 857 g/mol. The Labute approximate surface area is 368 Å². The molecule has 2 fully saturated rings. The molecule has 21 heteroatoms. The van der Waals surface area contributed by atoms with Crippen molar-refractivity contribution >= 4 is 62.6 Å². The Morgan fingerprint density at radius 2 is 1.67 bits per heavy atom. The number of carbonyl (C=O) groups excluding carboxylic acids is 5. The third-order valence-electron chi connectivity index (χ3n) is 10.9. The fraction of sp³-hybridized carbons (Fsp3) is 0.395. The molecule has 4 aromatic rings. The Balaban J connectivity index is 0.853. The van der Waals surface area contributed by atoms with Crippen molar-refractivity contribution in [2.75, 3.05) is 54.8 Å². The molecule has 7 N–H and O–H groups in total. The topological polar surface area (TPSA) is 247 Å². The normalized spacial score (nSPS) is 14.6. The summed E-state index contributed by atoms with van der Waals surface area (Å²) in [5.74, 6) is -3.47. The lowest BCUT2D eigenvalue weighted by molar-refractivity contribution is -0.121. The van der Waals surface area contributed by atoms with Gasteiger partial charge in [0.15, 0.2) is 5.82 Å². The van der Waals surface area contributed by atoms with E-state index in [0.717, 1.165) is 44.9 Å². The highest BCUT2D eigenvalue weighted by atomic mass is 32.2. The van der Waals surface area contributed by atoms with E-state index in [-0.39, 0.29) is 59.4 Å². The number of nitrogens with two attached hydrogens (primary N) is 1. The van der Waals surface area contributed by atoms with Gasteiger partial charge in [0.25, 0.3) is 21.8 Å². The van der Waals surface area contributed by atoms with Crippen molar-refractivity contribution in [2.45, 2.75) is 63.5 Å². The lowest BCUT2D eigenvalue weighted by atomic mass is 9.96. The highest BCUT2D eigenvalue weighted by molar-refractivity contribution is 7.93.